The average Bonchev–Trinajstić information content (AvgIpc) is 2.63. The molecule has 2 N–H and O–H groups in total. The van der Waals surface area contributed by atoms with Crippen LogP contribution >= 0.6 is 0 Å². The van der Waals surface area contributed by atoms with Gasteiger partial charge in [0, 0.05) is 6.54 Å². The van der Waals surface area contributed by atoms with E-state index >= 15 is 0 Å². The number of piperidine rings is 1. The SMILES string of the molecule is Cc1ccc(-c2ccc(C(=O)NCCC3CCCNC3)c(F)c2)cc1. The third-order valence-electron chi connectivity index (χ3n) is 4.84. The topological polar surface area (TPSA) is 41.1 Å². The fraction of sp³-hybridized carbons (Fsp3) is 0.381. The van der Waals surface area contributed by atoms with Crippen LogP contribution in [0.15, 0.2) is 42.5 Å². The maximum absolute atomic E-state index is 14.4. The van der Waals surface area contributed by atoms with Crippen LogP contribution in [-0.4, -0.2) is 25.5 Å². The maximum atomic E-state index is 14.4. The third kappa shape index (κ3) is 4.67. The first-order chi connectivity index (χ1) is 12.1. The molecule has 1 aliphatic heterocycles. The molecule has 1 amide bonds. The highest BCUT2D eigenvalue weighted by Crippen LogP contribution is 2.22. The summed E-state index contributed by atoms with van der Waals surface area (Å²) in [5, 5.41) is 6.21. The number of carbonyl (C=O) groups excluding carboxylic acids is 1. The van der Waals surface area contributed by atoms with Gasteiger partial charge in [-0.05, 0) is 68.5 Å². The zero-order chi connectivity index (χ0) is 17.6. The molecule has 0 aromatic heterocycles. The van der Waals surface area contributed by atoms with Gasteiger partial charge in [-0.15, -0.1) is 0 Å². The average molecular weight is 340 g/mol. The molecule has 1 saturated heterocycles. The lowest BCUT2D eigenvalue weighted by Gasteiger charge is -2.22. The van der Waals surface area contributed by atoms with Crippen LogP contribution in [0.2, 0.25) is 0 Å². The molecule has 1 unspecified atom stereocenters. The molecule has 1 heterocycles. The summed E-state index contributed by atoms with van der Waals surface area (Å²) >= 11 is 0. The minimum absolute atomic E-state index is 0.109. The van der Waals surface area contributed by atoms with E-state index in [0.717, 1.165) is 36.2 Å². The lowest BCUT2D eigenvalue weighted by molar-refractivity contribution is 0.0946. The highest BCUT2D eigenvalue weighted by Gasteiger charge is 2.15. The lowest BCUT2D eigenvalue weighted by atomic mass is 9.96. The molecule has 4 heteroatoms. The van der Waals surface area contributed by atoms with Gasteiger partial charge < -0.3 is 10.6 Å². The van der Waals surface area contributed by atoms with E-state index in [1.807, 2.05) is 31.2 Å². The minimum Gasteiger partial charge on any atom is -0.352 e. The fourth-order valence-electron chi connectivity index (χ4n) is 3.28. The summed E-state index contributed by atoms with van der Waals surface area (Å²) in [6.45, 7) is 4.70. The Hall–Kier alpha value is -2.20. The van der Waals surface area contributed by atoms with Crippen molar-refractivity contribution in [2.45, 2.75) is 26.2 Å². The molecule has 0 spiro atoms. The van der Waals surface area contributed by atoms with Crippen molar-refractivity contribution in [2.75, 3.05) is 19.6 Å². The summed E-state index contributed by atoms with van der Waals surface area (Å²) < 4.78 is 14.4. The predicted octanol–water partition coefficient (Wildman–Crippen LogP) is 3.92. The van der Waals surface area contributed by atoms with Gasteiger partial charge in [-0.1, -0.05) is 35.9 Å². The van der Waals surface area contributed by atoms with Crippen LogP contribution in [0.4, 0.5) is 4.39 Å². The van der Waals surface area contributed by atoms with Gasteiger partial charge in [-0.3, -0.25) is 4.79 Å². The van der Waals surface area contributed by atoms with E-state index in [-0.39, 0.29) is 11.5 Å². The van der Waals surface area contributed by atoms with E-state index in [9.17, 15) is 9.18 Å². The van der Waals surface area contributed by atoms with E-state index in [1.165, 1.54) is 18.9 Å². The third-order valence-corrected chi connectivity index (χ3v) is 4.84. The minimum atomic E-state index is -0.477. The number of carbonyl (C=O) groups is 1. The van der Waals surface area contributed by atoms with Crippen LogP contribution < -0.4 is 10.6 Å². The fourth-order valence-corrected chi connectivity index (χ4v) is 3.28. The molecule has 3 rings (SSSR count). The highest BCUT2D eigenvalue weighted by molar-refractivity contribution is 5.95. The summed E-state index contributed by atoms with van der Waals surface area (Å²) in [6.07, 6.45) is 3.32. The monoisotopic (exact) mass is 340 g/mol. The van der Waals surface area contributed by atoms with Gasteiger partial charge in [0.05, 0.1) is 5.56 Å². The van der Waals surface area contributed by atoms with Gasteiger partial charge >= 0.3 is 0 Å². The Labute approximate surface area is 148 Å². The summed E-state index contributed by atoms with van der Waals surface area (Å²) in [5.41, 5.74) is 3.00. The van der Waals surface area contributed by atoms with Crippen LogP contribution in [-0.2, 0) is 0 Å². The number of halogens is 1. The van der Waals surface area contributed by atoms with E-state index < -0.39 is 5.82 Å². The Morgan fingerprint density at radius 3 is 2.64 bits per heavy atom. The quantitative estimate of drug-likeness (QED) is 0.866. The lowest BCUT2D eigenvalue weighted by Crippen LogP contribution is -2.33. The molecule has 1 aliphatic rings. The molecule has 1 atom stereocenters. The van der Waals surface area contributed by atoms with Crippen molar-refractivity contribution in [2.24, 2.45) is 5.92 Å². The van der Waals surface area contributed by atoms with Gasteiger partial charge in [0.25, 0.3) is 5.91 Å². The Balaban J connectivity index is 1.59. The number of hydrogen-bond donors (Lipinski definition) is 2. The second-order valence-corrected chi connectivity index (χ2v) is 6.82. The molecular weight excluding hydrogens is 315 g/mol. The summed E-state index contributed by atoms with van der Waals surface area (Å²) in [6, 6.07) is 12.7. The molecule has 1 fully saturated rings. The maximum Gasteiger partial charge on any atom is 0.254 e. The van der Waals surface area contributed by atoms with Crippen LogP contribution in [0.1, 0.15) is 35.2 Å². The molecule has 25 heavy (non-hydrogen) atoms. The zero-order valence-electron chi connectivity index (χ0n) is 14.6. The molecule has 3 nitrogen and oxygen atoms in total. The molecule has 0 saturated carbocycles. The second kappa shape index (κ2) is 8.26. The van der Waals surface area contributed by atoms with Crippen molar-refractivity contribution in [3.63, 3.8) is 0 Å². The number of aryl methyl sites for hydroxylation is 1. The van der Waals surface area contributed by atoms with Crippen molar-refractivity contribution >= 4 is 5.91 Å². The largest absolute Gasteiger partial charge is 0.352 e. The Morgan fingerprint density at radius 1 is 1.20 bits per heavy atom. The Morgan fingerprint density at radius 2 is 1.96 bits per heavy atom. The summed E-state index contributed by atoms with van der Waals surface area (Å²) in [4.78, 5) is 12.2. The van der Waals surface area contributed by atoms with Crippen molar-refractivity contribution in [3.8, 4) is 11.1 Å². The summed E-state index contributed by atoms with van der Waals surface area (Å²) in [5.74, 6) is -0.213. The molecule has 2 aromatic rings. The van der Waals surface area contributed by atoms with E-state index in [2.05, 4.69) is 10.6 Å². The second-order valence-electron chi connectivity index (χ2n) is 6.82. The smallest absolute Gasteiger partial charge is 0.254 e. The molecular formula is C21H25FN2O. The summed E-state index contributed by atoms with van der Waals surface area (Å²) in [7, 11) is 0. The number of amides is 1. The van der Waals surface area contributed by atoms with E-state index in [1.54, 1.807) is 12.1 Å². The van der Waals surface area contributed by atoms with Crippen LogP contribution in [0.5, 0.6) is 0 Å². The predicted molar refractivity (Wildman–Crippen MR) is 99.1 cm³/mol. The highest BCUT2D eigenvalue weighted by atomic mass is 19.1. The van der Waals surface area contributed by atoms with Crippen molar-refractivity contribution in [1.82, 2.24) is 10.6 Å². The van der Waals surface area contributed by atoms with E-state index in [4.69, 9.17) is 0 Å². The molecule has 2 aromatic carbocycles. The zero-order valence-corrected chi connectivity index (χ0v) is 14.6. The Bertz CT molecular complexity index is 721. The first kappa shape index (κ1) is 17.6. The van der Waals surface area contributed by atoms with Gasteiger partial charge in [0.2, 0.25) is 0 Å². The number of nitrogens with one attached hydrogen (secondary N) is 2. The Kier molecular flexibility index (Phi) is 5.82. The van der Waals surface area contributed by atoms with Crippen LogP contribution in [0, 0.1) is 18.7 Å². The van der Waals surface area contributed by atoms with Gasteiger partial charge in [0.15, 0.2) is 0 Å². The van der Waals surface area contributed by atoms with Gasteiger partial charge in [-0.2, -0.15) is 0 Å². The molecule has 0 aliphatic carbocycles. The number of rotatable bonds is 5. The van der Waals surface area contributed by atoms with E-state index in [0.29, 0.717) is 12.5 Å². The van der Waals surface area contributed by atoms with Crippen LogP contribution in [0.3, 0.4) is 0 Å². The normalized spacial score (nSPS) is 17.3. The van der Waals surface area contributed by atoms with Crippen molar-refractivity contribution < 1.29 is 9.18 Å². The standard InChI is InChI=1S/C21H25FN2O/c1-15-4-6-17(7-5-15)18-8-9-19(20(22)13-18)21(25)24-12-10-16-3-2-11-23-14-16/h4-9,13,16,23H,2-3,10-12,14H2,1H3,(H,24,25). The van der Waals surface area contributed by atoms with Crippen molar-refractivity contribution in [3.05, 3.63) is 59.4 Å². The van der Waals surface area contributed by atoms with Crippen LogP contribution in [0.25, 0.3) is 11.1 Å². The van der Waals surface area contributed by atoms with Gasteiger partial charge in [-0.25, -0.2) is 4.39 Å². The van der Waals surface area contributed by atoms with Crippen molar-refractivity contribution in [1.29, 1.82) is 0 Å². The first-order valence-electron chi connectivity index (χ1n) is 8.99. The molecule has 0 radical (unpaired) electrons. The van der Waals surface area contributed by atoms with Gasteiger partial charge in [0.1, 0.15) is 5.82 Å². The number of hydrogen-bond acceptors (Lipinski definition) is 2. The molecule has 132 valence electrons. The first-order valence-corrected chi connectivity index (χ1v) is 8.99. The number of benzene rings is 2. The molecule has 0 bridgehead atoms.